The summed E-state index contributed by atoms with van der Waals surface area (Å²) in [6.07, 6.45) is 3.04. The first-order valence-electron chi connectivity index (χ1n) is 6.93. The second kappa shape index (κ2) is 6.51. The Bertz CT molecular complexity index is 547. The molecule has 0 radical (unpaired) electrons. The van der Waals surface area contributed by atoms with Crippen molar-refractivity contribution in [3.63, 3.8) is 0 Å². The van der Waals surface area contributed by atoms with Gasteiger partial charge in [0.15, 0.2) is 0 Å². The van der Waals surface area contributed by atoms with Gasteiger partial charge in [-0.05, 0) is 26.7 Å². The molecule has 0 saturated carbocycles. The maximum absolute atomic E-state index is 11.7. The highest BCUT2D eigenvalue weighted by Gasteiger charge is 2.33. The van der Waals surface area contributed by atoms with E-state index in [1.807, 2.05) is 4.90 Å². The number of hydrogen-bond donors (Lipinski definition) is 0. The van der Waals surface area contributed by atoms with Crippen LogP contribution in [0.15, 0.2) is 6.20 Å². The quantitative estimate of drug-likeness (QED) is 0.769. The lowest BCUT2D eigenvalue weighted by Gasteiger charge is -2.22. The molecule has 0 amide bonds. The van der Waals surface area contributed by atoms with Crippen LogP contribution in [0.3, 0.4) is 0 Å². The van der Waals surface area contributed by atoms with E-state index in [0.717, 1.165) is 6.42 Å². The van der Waals surface area contributed by atoms with Gasteiger partial charge >= 0.3 is 11.9 Å². The molecule has 0 bridgehead atoms. The highest BCUT2D eigenvalue weighted by Crippen LogP contribution is 2.24. The highest BCUT2D eigenvalue weighted by atomic mass is 16.5. The summed E-state index contributed by atoms with van der Waals surface area (Å²) in [6.45, 7) is 4.46. The lowest BCUT2D eigenvalue weighted by molar-refractivity contribution is -0.141. The van der Waals surface area contributed by atoms with Crippen molar-refractivity contribution in [1.29, 1.82) is 0 Å². The second-order valence-corrected chi connectivity index (χ2v) is 4.76. The number of anilines is 1. The molecule has 1 fully saturated rings. The van der Waals surface area contributed by atoms with Crippen LogP contribution in [-0.2, 0) is 14.3 Å². The predicted octanol–water partition coefficient (Wildman–Crippen LogP) is 1.10. The fourth-order valence-corrected chi connectivity index (χ4v) is 2.39. The summed E-state index contributed by atoms with van der Waals surface area (Å²) in [6, 6.07) is -0.358. The number of aromatic nitrogens is 2. The normalized spacial score (nSPS) is 17.7. The third-order valence-electron chi connectivity index (χ3n) is 3.44. The van der Waals surface area contributed by atoms with E-state index < -0.39 is 5.97 Å². The molecule has 1 aromatic heterocycles. The molecule has 0 spiro atoms. The number of methoxy groups -OCH3 is 1. The minimum atomic E-state index is -0.438. The molecule has 0 N–H and O–H groups in total. The molecule has 1 unspecified atom stereocenters. The van der Waals surface area contributed by atoms with Crippen LogP contribution in [0.25, 0.3) is 0 Å². The molecule has 0 aliphatic carbocycles. The number of carbonyl (C=O) groups is 2. The van der Waals surface area contributed by atoms with E-state index in [1.165, 1.54) is 13.3 Å². The molecule has 7 nitrogen and oxygen atoms in total. The fraction of sp³-hybridized carbons (Fsp3) is 0.571. The van der Waals surface area contributed by atoms with Crippen LogP contribution in [0.4, 0.5) is 5.95 Å². The van der Waals surface area contributed by atoms with Crippen LogP contribution in [0, 0.1) is 6.92 Å². The van der Waals surface area contributed by atoms with E-state index in [-0.39, 0.29) is 12.0 Å². The van der Waals surface area contributed by atoms with Crippen LogP contribution >= 0.6 is 0 Å². The number of nitrogens with zero attached hydrogens (tertiary/aromatic N) is 3. The van der Waals surface area contributed by atoms with E-state index >= 15 is 0 Å². The van der Waals surface area contributed by atoms with E-state index in [1.54, 1.807) is 13.8 Å². The van der Waals surface area contributed by atoms with Crippen molar-refractivity contribution in [3.05, 3.63) is 17.5 Å². The Morgan fingerprint density at radius 1 is 1.48 bits per heavy atom. The Labute approximate surface area is 123 Å². The van der Waals surface area contributed by atoms with Crippen LogP contribution in [0.1, 0.15) is 35.8 Å². The molecule has 1 aliphatic rings. The van der Waals surface area contributed by atoms with Crippen molar-refractivity contribution < 1.29 is 19.1 Å². The first kappa shape index (κ1) is 15.2. The average Bonchev–Trinajstić information content (AvgIpc) is 2.95. The number of hydrogen-bond acceptors (Lipinski definition) is 7. The summed E-state index contributed by atoms with van der Waals surface area (Å²) in [5.74, 6) is -0.288. The van der Waals surface area contributed by atoms with Gasteiger partial charge in [0, 0.05) is 12.7 Å². The largest absolute Gasteiger partial charge is 0.467 e. The summed E-state index contributed by atoms with van der Waals surface area (Å²) in [4.78, 5) is 33.8. The number of ether oxygens (including phenoxy) is 2. The van der Waals surface area contributed by atoms with E-state index in [4.69, 9.17) is 9.47 Å². The fourth-order valence-electron chi connectivity index (χ4n) is 2.39. The van der Waals surface area contributed by atoms with Crippen molar-refractivity contribution >= 4 is 17.9 Å². The van der Waals surface area contributed by atoms with E-state index in [0.29, 0.717) is 36.8 Å². The van der Waals surface area contributed by atoms with Crippen LogP contribution < -0.4 is 4.90 Å². The third kappa shape index (κ3) is 3.12. The van der Waals surface area contributed by atoms with Gasteiger partial charge in [0.2, 0.25) is 5.95 Å². The lowest BCUT2D eigenvalue weighted by atomic mass is 10.2. The van der Waals surface area contributed by atoms with Crippen LogP contribution in [0.2, 0.25) is 0 Å². The second-order valence-electron chi connectivity index (χ2n) is 4.76. The topological polar surface area (TPSA) is 81.6 Å². The van der Waals surface area contributed by atoms with Gasteiger partial charge in [0.05, 0.1) is 25.0 Å². The summed E-state index contributed by atoms with van der Waals surface area (Å²) in [5.41, 5.74) is 0.878. The van der Waals surface area contributed by atoms with E-state index in [9.17, 15) is 9.59 Å². The monoisotopic (exact) mass is 293 g/mol. The van der Waals surface area contributed by atoms with Gasteiger partial charge in [-0.2, -0.15) is 0 Å². The number of aryl methyl sites for hydroxylation is 1. The molecule has 1 saturated heterocycles. The van der Waals surface area contributed by atoms with Gasteiger partial charge in [-0.1, -0.05) is 0 Å². The Hall–Kier alpha value is -2.18. The highest BCUT2D eigenvalue weighted by molar-refractivity contribution is 5.90. The molecule has 0 aromatic carbocycles. The molecule has 2 rings (SSSR count). The Morgan fingerprint density at radius 2 is 2.24 bits per heavy atom. The zero-order valence-corrected chi connectivity index (χ0v) is 12.5. The van der Waals surface area contributed by atoms with Gasteiger partial charge in [-0.25, -0.2) is 19.6 Å². The minimum absolute atomic E-state index is 0.289. The molecule has 1 atom stereocenters. The predicted molar refractivity (Wildman–Crippen MR) is 75.1 cm³/mol. The summed E-state index contributed by atoms with van der Waals surface area (Å²) in [5, 5.41) is 0. The minimum Gasteiger partial charge on any atom is -0.467 e. The zero-order valence-electron chi connectivity index (χ0n) is 12.5. The van der Waals surface area contributed by atoms with Crippen molar-refractivity contribution in [2.45, 2.75) is 32.7 Å². The van der Waals surface area contributed by atoms with Crippen molar-refractivity contribution in [3.8, 4) is 0 Å². The molecule has 114 valence electrons. The first-order valence-corrected chi connectivity index (χ1v) is 6.93. The van der Waals surface area contributed by atoms with Gasteiger partial charge < -0.3 is 14.4 Å². The van der Waals surface area contributed by atoms with Crippen molar-refractivity contribution in [2.75, 3.05) is 25.2 Å². The molecular weight excluding hydrogens is 274 g/mol. The standard InChI is InChI=1S/C14H19N3O4/c1-4-21-12(18)10-8-15-14(16-9(10)2)17-7-5-6-11(17)13(19)20-3/h8,11H,4-7H2,1-3H3. The Balaban J connectivity index is 2.23. The SMILES string of the molecule is CCOC(=O)c1cnc(N2CCCC2C(=O)OC)nc1C. The Morgan fingerprint density at radius 3 is 2.86 bits per heavy atom. The van der Waals surface area contributed by atoms with Gasteiger partial charge in [0.1, 0.15) is 6.04 Å². The zero-order chi connectivity index (χ0) is 15.4. The Kier molecular flexibility index (Phi) is 4.72. The average molecular weight is 293 g/mol. The van der Waals surface area contributed by atoms with Gasteiger partial charge in [0.25, 0.3) is 0 Å². The first-order chi connectivity index (χ1) is 10.1. The maximum Gasteiger partial charge on any atom is 0.341 e. The van der Waals surface area contributed by atoms with E-state index in [2.05, 4.69) is 9.97 Å². The lowest BCUT2D eigenvalue weighted by Crippen LogP contribution is -2.38. The summed E-state index contributed by atoms with van der Waals surface area (Å²) in [7, 11) is 1.37. The van der Waals surface area contributed by atoms with Crippen LogP contribution in [0.5, 0.6) is 0 Å². The van der Waals surface area contributed by atoms with Crippen molar-refractivity contribution in [1.82, 2.24) is 9.97 Å². The summed E-state index contributed by atoms with van der Waals surface area (Å²) < 4.78 is 9.74. The number of carbonyl (C=O) groups excluding carboxylic acids is 2. The summed E-state index contributed by atoms with van der Waals surface area (Å²) >= 11 is 0. The molecule has 1 aliphatic heterocycles. The molecule has 2 heterocycles. The molecule has 7 heteroatoms. The molecule has 21 heavy (non-hydrogen) atoms. The smallest absolute Gasteiger partial charge is 0.341 e. The molecule has 1 aromatic rings. The number of esters is 2. The third-order valence-corrected chi connectivity index (χ3v) is 3.44. The van der Waals surface area contributed by atoms with Crippen molar-refractivity contribution in [2.24, 2.45) is 0 Å². The van der Waals surface area contributed by atoms with Crippen LogP contribution in [-0.4, -0.2) is 48.2 Å². The number of rotatable bonds is 4. The van der Waals surface area contributed by atoms with Gasteiger partial charge in [-0.3, -0.25) is 0 Å². The van der Waals surface area contributed by atoms with Gasteiger partial charge in [-0.15, -0.1) is 0 Å². The molecular formula is C14H19N3O4. The maximum atomic E-state index is 11.7.